The number of halogens is 2. The summed E-state index contributed by atoms with van der Waals surface area (Å²) in [7, 11) is 1.68. The Labute approximate surface area is 157 Å². The minimum atomic E-state index is -0.538. The quantitative estimate of drug-likeness (QED) is 0.619. The minimum Gasteiger partial charge on any atom is -0.365 e. The summed E-state index contributed by atoms with van der Waals surface area (Å²) in [5.74, 6) is 0.568. The number of guanidine groups is 1. The Kier molecular flexibility index (Phi) is 5.93. The molecule has 1 saturated heterocycles. The highest BCUT2D eigenvalue weighted by atomic mass is 19.1. The third-order valence-electron chi connectivity index (χ3n) is 4.61. The lowest BCUT2D eigenvalue weighted by Gasteiger charge is -2.21. The molecule has 0 radical (unpaired) electrons. The van der Waals surface area contributed by atoms with Gasteiger partial charge in [0.05, 0.1) is 12.2 Å². The van der Waals surface area contributed by atoms with Crippen LogP contribution in [0.15, 0.2) is 33.8 Å². The Bertz CT molecular complexity index is 785. The molecule has 27 heavy (non-hydrogen) atoms. The zero-order valence-electron chi connectivity index (χ0n) is 15.8. The van der Waals surface area contributed by atoms with Gasteiger partial charge in [-0.1, -0.05) is 25.1 Å². The molecule has 3 rings (SSSR count). The number of nitrogens with zero attached hydrogens (tertiary/aromatic N) is 3. The second-order valence-corrected chi connectivity index (χ2v) is 6.94. The van der Waals surface area contributed by atoms with Crippen LogP contribution in [0.25, 0.3) is 0 Å². The van der Waals surface area contributed by atoms with E-state index in [9.17, 15) is 8.78 Å². The first kappa shape index (κ1) is 19.1. The molecule has 1 aromatic carbocycles. The molecule has 6 nitrogen and oxygen atoms in total. The maximum Gasteiger partial charge on any atom is 0.191 e. The van der Waals surface area contributed by atoms with Gasteiger partial charge in [-0.3, -0.25) is 4.99 Å². The second kappa shape index (κ2) is 8.37. The first-order valence-corrected chi connectivity index (χ1v) is 9.09. The molecule has 2 aromatic rings. The Balaban J connectivity index is 1.54. The largest absolute Gasteiger partial charge is 0.365 e. The van der Waals surface area contributed by atoms with Crippen molar-refractivity contribution in [3.63, 3.8) is 0 Å². The van der Waals surface area contributed by atoms with E-state index in [-0.39, 0.29) is 11.7 Å². The van der Waals surface area contributed by atoms with E-state index in [0.717, 1.165) is 17.9 Å². The first-order chi connectivity index (χ1) is 13.0. The van der Waals surface area contributed by atoms with E-state index in [1.165, 1.54) is 18.2 Å². The van der Waals surface area contributed by atoms with Gasteiger partial charge in [0.25, 0.3) is 0 Å². The second-order valence-electron chi connectivity index (χ2n) is 6.94. The number of rotatable bonds is 5. The van der Waals surface area contributed by atoms with Crippen molar-refractivity contribution >= 4 is 11.6 Å². The molecule has 0 spiro atoms. The zero-order valence-corrected chi connectivity index (χ0v) is 15.8. The van der Waals surface area contributed by atoms with Gasteiger partial charge in [-0.05, 0) is 24.5 Å². The lowest BCUT2D eigenvalue weighted by molar-refractivity contribution is 0.371. The standard InChI is InChI=1S/C19H25F2N5O/c1-12(2)17-9-14(27-25-17)10-23-19(22-3)24-13-7-8-26(11-13)18-15(20)5-4-6-16(18)21/h4-6,9,12-13H,7-8,10-11H2,1-3H3,(H2,22,23,24). The Hall–Kier alpha value is -2.64. The highest BCUT2D eigenvalue weighted by Crippen LogP contribution is 2.26. The van der Waals surface area contributed by atoms with Crippen LogP contribution in [0.2, 0.25) is 0 Å². The Morgan fingerprint density at radius 3 is 2.74 bits per heavy atom. The van der Waals surface area contributed by atoms with Gasteiger partial charge in [0.1, 0.15) is 17.3 Å². The van der Waals surface area contributed by atoms with Crippen molar-refractivity contribution in [2.75, 3.05) is 25.0 Å². The molecular weight excluding hydrogens is 352 g/mol. The third-order valence-corrected chi connectivity index (χ3v) is 4.61. The molecule has 1 aliphatic heterocycles. The number of aliphatic imine (C=N–C) groups is 1. The van der Waals surface area contributed by atoms with E-state index < -0.39 is 11.6 Å². The number of hydrogen-bond donors (Lipinski definition) is 2. The van der Waals surface area contributed by atoms with Gasteiger partial charge in [0.15, 0.2) is 11.7 Å². The fraction of sp³-hybridized carbons (Fsp3) is 0.474. The summed E-state index contributed by atoms with van der Waals surface area (Å²) in [4.78, 5) is 5.93. The van der Waals surface area contributed by atoms with Crippen LogP contribution >= 0.6 is 0 Å². The maximum atomic E-state index is 14.0. The topological polar surface area (TPSA) is 65.7 Å². The van der Waals surface area contributed by atoms with Crippen molar-refractivity contribution in [1.82, 2.24) is 15.8 Å². The van der Waals surface area contributed by atoms with E-state index in [2.05, 4.69) is 34.6 Å². The van der Waals surface area contributed by atoms with Gasteiger partial charge in [0, 0.05) is 32.2 Å². The van der Waals surface area contributed by atoms with E-state index in [4.69, 9.17) is 4.52 Å². The van der Waals surface area contributed by atoms with Gasteiger partial charge >= 0.3 is 0 Å². The number of nitrogens with one attached hydrogen (secondary N) is 2. The lowest BCUT2D eigenvalue weighted by Crippen LogP contribution is -2.44. The van der Waals surface area contributed by atoms with Crippen molar-refractivity contribution in [1.29, 1.82) is 0 Å². The molecule has 1 aromatic heterocycles. The normalized spacial score (nSPS) is 17.6. The average molecular weight is 377 g/mol. The van der Waals surface area contributed by atoms with Gasteiger partial charge < -0.3 is 20.1 Å². The van der Waals surface area contributed by atoms with Crippen LogP contribution in [-0.2, 0) is 6.54 Å². The Morgan fingerprint density at radius 2 is 2.11 bits per heavy atom. The van der Waals surface area contributed by atoms with Crippen molar-refractivity contribution < 1.29 is 13.3 Å². The van der Waals surface area contributed by atoms with Gasteiger partial charge in [-0.25, -0.2) is 8.78 Å². The number of anilines is 1. The molecule has 1 fully saturated rings. The highest BCUT2D eigenvalue weighted by molar-refractivity contribution is 5.80. The SMILES string of the molecule is CN=C(NCc1cc(C(C)C)no1)NC1CCN(c2c(F)cccc2F)C1. The summed E-state index contributed by atoms with van der Waals surface area (Å²) in [5, 5.41) is 10.5. The van der Waals surface area contributed by atoms with E-state index >= 15 is 0 Å². The predicted octanol–water partition coefficient (Wildman–Crippen LogP) is 3.02. The molecule has 1 aliphatic rings. The van der Waals surface area contributed by atoms with E-state index in [1.807, 2.05) is 6.07 Å². The van der Waals surface area contributed by atoms with Crippen LogP contribution in [0, 0.1) is 11.6 Å². The molecule has 2 heterocycles. The fourth-order valence-corrected chi connectivity index (χ4v) is 3.12. The Morgan fingerprint density at radius 1 is 1.37 bits per heavy atom. The van der Waals surface area contributed by atoms with Crippen LogP contribution in [0.1, 0.15) is 37.6 Å². The maximum absolute atomic E-state index is 14.0. The lowest BCUT2D eigenvalue weighted by atomic mass is 10.1. The number of para-hydroxylation sites is 1. The third kappa shape index (κ3) is 4.56. The average Bonchev–Trinajstić information content (AvgIpc) is 3.28. The number of benzene rings is 1. The van der Waals surface area contributed by atoms with Crippen LogP contribution in [0.4, 0.5) is 14.5 Å². The van der Waals surface area contributed by atoms with Crippen molar-refractivity contribution in [2.24, 2.45) is 4.99 Å². The molecular formula is C19H25F2N5O. The van der Waals surface area contributed by atoms with Crippen molar-refractivity contribution in [2.45, 2.75) is 38.8 Å². The summed E-state index contributed by atoms with van der Waals surface area (Å²) in [6, 6.07) is 5.89. The van der Waals surface area contributed by atoms with Crippen molar-refractivity contribution in [3.8, 4) is 0 Å². The van der Waals surface area contributed by atoms with Crippen LogP contribution in [-0.4, -0.2) is 37.3 Å². The summed E-state index contributed by atoms with van der Waals surface area (Å²) >= 11 is 0. The van der Waals surface area contributed by atoms with Crippen LogP contribution in [0.3, 0.4) is 0 Å². The summed E-state index contributed by atoms with van der Waals surface area (Å²) in [6.45, 7) is 5.64. The molecule has 2 N–H and O–H groups in total. The molecule has 1 unspecified atom stereocenters. The molecule has 8 heteroatoms. The monoisotopic (exact) mass is 377 g/mol. The summed E-state index contributed by atoms with van der Waals surface area (Å²) in [5.41, 5.74) is 0.945. The smallest absolute Gasteiger partial charge is 0.191 e. The highest BCUT2D eigenvalue weighted by Gasteiger charge is 2.27. The molecule has 1 atom stereocenters. The van der Waals surface area contributed by atoms with Crippen molar-refractivity contribution in [3.05, 3.63) is 47.4 Å². The summed E-state index contributed by atoms with van der Waals surface area (Å²) < 4.78 is 33.2. The first-order valence-electron chi connectivity index (χ1n) is 9.09. The van der Waals surface area contributed by atoms with Gasteiger partial charge in [0.2, 0.25) is 0 Å². The van der Waals surface area contributed by atoms with Gasteiger partial charge in [-0.15, -0.1) is 0 Å². The molecule has 0 amide bonds. The predicted molar refractivity (Wildman–Crippen MR) is 101 cm³/mol. The van der Waals surface area contributed by atoms with E-state index in [1.54, 1.807) is 11.9 Å². The van der Waals surface area contributed by atoms with E-state index in [0.29, 0.717) is 31.5 Å². The van der Waals surface area contributed by atoms with Gasteiger partial charge in [-0.2, -0.15) is 0 Å². The molecule has 0 saturated carbocycles. The van der Waals surface area contributed by atoms with Crippen LogP contribution < -0.4 is 15.5 Å². The minimum absolute atomic E-state index is 0.0348. The summed E-state index contributed by atoms with van der Waals surface area (Å²) in [6.07, 6.45) is 0.758. The fourth-order valence-electron chi connectivity index (χ4n) is 3.12. The zero-order chi connectivity index (χ0) is 19.4. The molecule has 146 valence electrons. The number of aromatic nitrogens is 1. The molecule has 0 bridgehead atoms. The van der Waals surface area contributed by atoms with Crippen LogP contribution in [0.5, 0.6) is 0 Å². The molecule has 0 aliphatic carbocycles. The number of hydrogen-bond acceptors (Lipinski definition) is 4.